The number of nitrogens with one attached hydrogen (secondary N) is 1. The molecule has 1 spiro atoms. The lowest BCUT2D eigenvalue weighted by atomic mass is 9.90. The first-order valence-corrected chi connectivity index (χ1v) is 10.1. The summed E-state index contributed by atoms with van der Waals surface area (Å²) < 4.78 is 13.1. The lowest BCUT2D eigenvalue weighted by Gasteiger charge is -2.25. The average molecular weight is 387 g/mol. The van der Waals surface area contributed by atoms with Crippen LogP contribution in [0.4, 0.5) is 9.18 Å². The number of amides is 4. The van der Waals surface area contributed by atoms with Crippen LogP contribution in [0.5, 0.6) is 0 Å². The highest BCUT2D eigenvalue weighted by Crippen LogP contribution is 2.33. The Labute approximate surface area is 164 Å². The van der Waals surface area contributed by atoms with E-state index in [0.717, 1.165) is 31.2 Å². The maximum atomic E-state index is 13.1. The second-order valence-corrected chi connectivity index (χ2v) is 8.31. The Morgan fingerprint density at radius 3 is 2.39 bits per heavy atom. The van der Waals surface area contributed by atoms with Gasteiger partial charge in [0.15, 0.2) is 0 Å². The van der Waals surface area contributed by atoms with Gasteiger partial charge in [-0.2, -0.15) is 0 Å². The second kappa shape index (κ2) is 7.53. The minimum absolute atomic E-state index is 0.00515. The van der Waals surface area contributed by atoms with Crippen molar-refractivity contribution < 1.29 is 18.8 Å². The minimum Gasteiger partial charge on any atom is -0.338 e. The summed E-state index contributed by atoms with van der Waals surface area (Å²) in [6.07, 6.45) is 5.83. The number of benzene rings is 1. The molecule has 3 aliphatic rings. The predicted octanol–water partition coefficient (Wildman–Crippen LogP) is 2.82. The predicted molar refractivity (Wildman–Crippen MR) is 101 cm³/mol. The van der Waals surface area contributed by atoms with E-state index in [1.165, 1.54) is 17.0 Å². The van der Waals surface area contributed by atoms with Crippen LogP contribution in [0.15, 0.2) is 24.3 Å². The summed E-state index contributed by atoms with van der Waals surface area (Å²) in [6.45, 7) is 1.19. The molecule has 1 N–H and O–H groups in total. The molecule has 1 unspecified atom stereocenters. The zero-order valence-corrected chi connectivity index (χ0v) is 16.0. The molecule has 3 fully saturated rings. The fourth-order valence-corrected chi connectivity index (χ4v) is 4.71. The van der Waals surface area contributed by atoms with Crippen molar-refractivity contribution in [2.24, 2.45) is 5.92 Å². The van der Waals surface area contributed by atoms with Crippen LogP contribution in [0.25, 0.3) is 0 Å². The van der Waals surface area contributed by atoms with Crippen LogP contribution in [-0.2, 0) is 16.1 Å². The van der Waals surface area contributed by atoms with E-state index >= 15 is 0 Å². The molecule has 0 aromatic heterocycles. The number of hydrogen-bond donors (Lipinski definition) is 1. The third-order valence-corrected chi connectivity index (χ3v) is 6.23. The summed E-state index contributed by atoms with van der Waals surface area (Å²) in [5.74, 6) is -0.488. The molecule has 7 heteroatoms. The van der Waals surface area contributed by atoms with Crippen LogP contribution in [-0.4, -0.2) is 46.3 Å². The van der Waals surface area contributed by atoms with E-state index < -0.39 is 5.54 Å². The van der Waals surface area contributed by atoms with Crippen LogP contribution in [0.1, 0.15) is 50.5 Å². The van der Waals surface area contributed by atoms with Gasteiger partial charge in [-0.1, -0.05) is 37.8 Å². The molecule has 28 heavy (non-hydrogen) atoms. The molecule has 2 aliphatic heterocycles. The van der Waals surface area contributed by atoms with E-state index in [0.29, 0.717) is 32.4 Å². The molecule has 150 valence electrons. The van der Waals surface area contributed by atoms with Crippen molar-refractivity contribution in [1.82, 2.24) is 15.1 Å². The normalized spacial score (nSPS) is 24.8. The third kappa shape index (κ3) is 3.62. The average Bonchev–Trinajstić information content (AvgIpc) is 2.99. The number of nitrogens with zero attached hydrogens (tertiary/aromatic N) is 2. The molecule has 4 amide bonds. The van der Waals surface area contributed by atoms with E-state index in [1.54, 1.807) is 17.0 Å². The van der Waals surface area contributed by atoms with Gasteiger partial charge in [0.1, 0.15) is 11.4 Å². The molecule has 1 atom stereocenters. The molecule has 0 bridgehead atoms. The molecule has 1 aromatic rings. The van der Waals surface area contributed by atoms with Crippen molar-refractivity contribution in [1.29, 1.82) is 0 Å². The highest BCUT2D eigenvalue weighted by Gasteiger charge is 2.51. The molecule has 1 aromatic carbocycles. The number of hydrogen-bond acceptors (Lipinski definition) is 3. The van der Waals surface area contributed by atoms with Gasteiger partial charge in [-0.05, 0) is 30.5 Å². The van der Waals surface area contributed by atoms with Crippen molar-refractivity contribution >= 4 is 17.8 Å². The number of rotatable bonds is 4. The van der Waals surface area contributed by atoms with Crippen LogP contribution in [0.3, 0.4) is 0 Å². The molecule has 4 rings (SSSR count). The molecule has 1 saturated carbocycles. The maximum Gasteiger partial charge on any atom is 0.325 e. The van der Waals surface area contributed by atoms with Gasteiger partial charge in [-0.3, -0.25) is 14.5 Å². The number of urea groups is 1. The second-order valence-electron chi connectivity index (χ2n) is 8.31. The van der Waals surface area contributed by atoms with Gasteiger partial charge in [-0.25, -0.2) is 9.18 Å². The Balaban J connectivity index is 1.39. The Morgan fingerprint density at radius 1 is 1.04 bits per heavy atom. The van der Waals surface area contributed by atoms with Crippen LogP contribution < -0.4 is 5.32 Å². The molecule has 1 aliphatic carbocycles. The molecular formula is C21H26FN3O3. The summed E-state index contributed by atoms with van der Waals surface area (Å²) in [5, 5.41) is 2.95. The van der Waals surface area contributed by atoms with Crippen molar-refractivity contribution in [2.45, 2.75) is 57.0 Å². The van der Waals surface area contributed by atoms with Gasteiger partial charge in [0.2, 0.25) is 5.91 Å². The Hall–Kier alpha value is -2.44. The summed E-state index contributed by atoms with van der Waals surface area (Å²) in [4.78, 5) is 41.0. The van der Waals surface area contributed by atoms with Gasteiger partial charge < -0.3 is 10.2 Å². The summed E-state index contributed by atoms with van der Waals surface area (Å²) in [7, 11) is 0. The van der Waals surface area contributed by atoms with Gasteiger partial charge in [0.25, 0.3) is 5.91 Å². The number of carbonyl (C=O) groups is 3. The van der Waals surface area contributed by atoms with Crippen molar-refractivity contribution in [3.63, 3.8) is 0 Å². The molecule has 6 nitrogen and oxygen atoms in total. The maximum absolute atomic E-state index is 13.1. The van der Waals surface area contributed by atoms with Gasteiger partial charge in [-0.15, -0.1) is 0 Å². The Kier molecular flexibility index (Phi) is 5.08. The first kappa shape index (κ1) is 18.9. The summed E-state index contributed by atoms with van der Waals surface area (Å²) >= 11 is 0. The first-order valence-electron chi connectivity index (χ1n) is 10.1. The minimum atomic E-state index is -0.732. The number of likely N-dealkylation sites (tertiary alicyclic amines) is 1. The largest absolute Gasteiger partial charge is 0.338 e. The molecule has 0 radical (unpaired) electrons. The zero-order chi connectivity index (χ0) is 19.7. The lowest BCUT2D eigenvalue weighted by Crippen LogP contribution is -2.46. The van der Waals surface area contributed by atoms with Crippen LogP contribution >= 0.6 is 0 Å². The van der Waals surface area contributed by atoms with E-state index in [-0.39, 0.29) is 36.1 Å². The number of imide groups is 1. The SMILES string of the molecule is O=C1CC(CN2C(=O)NC3(CCCCCC3)C2=O)CN1Cc1ccc(F)cc1. The monoisotopic (exact) mass is 387 g/mol. The van der Waals surface area contributed by atoms with Crippen LogP contribution in [0, 0.1) is 11.7 Å². The van der Waals surface area contributed by atoms with Crippen molar-refractivity contribution in [2.75, 3.05) is 13.1 Å². The van der Waals surface area contributed by atoms with Crippen LogP contribution in [0.2, 0.25) is 0 Å². The van der Waals surface area contributed by atoms with E-state index in [9.17, 15) is 18.8 Å². The highest BCUT2D eigenvalue weighted by atomic mass is 19.1. The fourth-order valence-electron chi connectivity index (χ4n) is 4.71. The first-order chi connectivity index (χ1) is 13.5. The van der Waals surface area contributed by atoms with Crippen molar-refractivity contribution in [3.05, 3.63) is 35.6 Å². The summed E-state index contributed by atoms with van der Waals surface area (Å²) in [5.41, 5.74) is 0.132. The number of carbonyl (C=O) groups excluding carboxylic acids is 3. The smallest absolute Gasteiger partial charge is 0.325 e. The third-order valence-electron chi connectivity index (χ3n) is 6.23. The quantitative estimate of drug-likeness (QED) is 0.808. The van der Waals surface area contributed by atoms with E-state index in [1.807, 2.05) is 0 Å². The topological polar surface area (TPSA) is 69.7 Å². The Morgan fingerprint density at radius 2 is 1.71 bits per heavy atom. The lowest BCUT2D eigenvalue weighted by molar-refractivity contribution is -0.132. The number of halogens is 1. The fraction of sp³-hybridized carbons (Fsp3) is 0.571. The van der Waals surface area contributed by atoms with Gasteiger partial charge in [0, 0.05) is 32.0 Å². The molecular weight excluding hydrogens is 361 g/mol. The zero-order valence-electron chi connectivity index (χ0n) is 16.0. The van der Waals surface area contributed by atoms with E-state index in [2.05, 4.69) is 5.32 Å². The summed E-state index contributed by atoms with van der Waals surface area (Å²) in [6, 6.07) is 5.78. The molecule has 2 heterocycles. The Bertz CT molecular complexity index is 772. The van der Waals surface area contributed by atoms with Crippen molar-refractivity contribution in [3.8, 4) is 0 Å². The van der Waals surface area contributed by atoms with Gasteiger partial charge in [0.05, 0.1) is 0 Å². The highest BCUT2D eigenvalue weighted by molar-refractivity contribution is 6.07. The van der Waals surface area contributed by atoms with Gasteiger partial charge >= 0.3 is 6.03 Å². The standard InChI is InChI=1S/C21H26FN3O3/c22-17-7-5-15(6-8-17)12-24-13-16(11-18(24)26)14-25-19(27)21(23-20(25)28)9-3-1-2-4-10-21/h5-8,16H,1-4,9-14H2,(H,23,28). The molecule has 2 saturated heterocycles. The van der Waals surface area contributed by atoms with E-state index in [4.69, 9.17) is 0 Å².